The van der Waals surface area contributed by atoms with E-state index in [1.807, 2.05) is 23.5 Å². The first kappa shape index (κ1) is 29.1. The normalized spacial score (nSPS) is 11.8. The number of hydrogen-bond donors (Lipinski definition) is 0. The van der Waals surface area contributed by atoms with Crippen LogP contribution in [0.4, 0.5) is 17.1 Å². The van der Waals surface area contributed by atoms with Crippen LogP contribution in [0.5, 0.6) is 0 Å². The summed E-state index contributed by atoms with van der Waals surface area (Å²) in [7, 11) is 0. The second-order valence-electron chi connectivity index (χ2n) is 13.2. The highest BCUT2D eigenvalue weighted by Crippen LogP contribution is 2.49. The summed E-state index contributed by atoms with van der Waals surface area (Å²) in [4.78, 5) is 2.43. The summed E-state index contributed by atoms with van der Waals surface area (Å²) in [6.07, 6.45) is 0. The Bertz CT molecular complexity index is 3130. The number of benzene rings is 8. The maximum Gasteiger partial charge on any atom is 0.144 e. The van der Waals surface area contributed by atoms with Crippen LogP contribution in [0, 0.1) is 0 Å². The Labute approximate surface area is 303 Å². The van der Waals surface area contributed by atoms with Crippen LogP contribution < -0.4 is 4.90 Å². The van der Waals surface area contributed by atoms with E-state index in [2.05, 4.69) is 169 Å². The molecule has 0 fully saturated rings. The van der Waals surface area contributed by atoms with E-state index in [1.54, 1.807) is 0 Å². The molecule has 8 aromatic carbocycles. The first-order chi connectivity index (χ1) is 25.8. The number of rotatable bonds is 5. The number of thiophene rings is 1. The van der Waals surface area contributed by atoms with Crippen LogP contribution in [0.3, 0.4) is 0 Å². The van der Waals surface area contributed by atoms with Gasteiger partial charge in [-0.3, -0.25) is 0 Å². The monoisotopic (exact) mass is 683 g/mol. The van der Waals surface area contributed by atoms with E-state index in [0.29, 0.717) is 0 Å². The summed E-state index contributed by atoms with van der Waals surface area (Å²) in [5.41, 5.74) is 11.2. The average molecular weight is 684 g/mol. The first-order valence-corrected chi connectivity index (χ1v) is 18.3. The van der Waals surface area contributed by atoms with Crippen LogP contribution >= 0.6 is 11.3 Å². The van der Waals surface area contributed by atoms with Crippen LogP contribution in [0.1, 0.15) is 0 Å². The molecule has 0 aliphatic rings. The Kier molecular flexibility index (Phi) is 6.42. The van der Waals surface area contributed by atoms with E-state index in [-0.39, 0.29) is 0 Å². The topological polar surface area (TPSA) is 29.5 Å². The highest BCUT2D eigenvalue weighted by atomic mass is 32.1. The molecule has 0 unspecified atom stereocenters. The molecule has 0 amide bonds. The molecule has 3 nitrogen and oxygen atoms in total. The summed E-state index contributed by atoms with van der Waals surface area (Å²) in [5.74, 6) is 0. The molecular weight excluding hydrogens is 655 g/mol. The van der Waals surface area contributed by atoms with Gasteiger partial charge in [0.2, 0.25) is 0 Å². The second-order valence-corrected chi connectivity index (χ2v) is 14.3. The van der Waals surface area contributed by atoms with Crippen molar-refractivity contribution < 1.29 is 8.83 Å². The van der Waals surface area contributed by atoms with Crippen molar-refractivity contribution in [2.24, 2.45) is 0 Å². The molecule has 0 spiro atoms. The number of hydrogen-bond acceptors (Lipinski definition) is 4. The van der Waals surface area contributed by atoms with Crippen molar-refractivity contribution in [3.05, 3.63) is 176 Å². The van der Waals surface area contributed by atoms with Gasteiger partial charge in [-0.2, -0.15) is 0 Å². The Morgan fingerprint density at radius 3 is 1.96 bits per heavy atom. The van der Waals surface area contributed by atoms with Gasteiger partial charge >= 0.3 is 0 Å². The number of nitrogens with zero attached hydrogens (tertiary/aromatic N) is 1. The zero-order valence-electron chi connectivity index (χ0n) is 27.9. The fraction of sp³-hybridized carbons (Fsp3) is 0. The smallest absolute Gasteiger partial charge is 0.144 e. The maximum absolute atomic E-state index is 6.86. The molecule has 0 aliphatic carbocycles. The lowest BCUT2D eigenvalue weighted by atomic mass is 9.96. The predicted molar refractivity (Wildman–Crippen MR) is 219 cm³/mol. The van der Waals surface area contributed by atoms with Crippen molar-refractivity contribution in [1.29, 1.82) is 0 Å². The van der Waals surface area contributed by atoms with Crippen molar-refractivity contribution in [1.82, 2.24) is 0 Å². The summed E-state index contributed by atoms with van der Waals surface area (Å²) in [5, 5.41) is 6.76. The lowest BCUT2D eigenvalue weighted by molar-refractivity contribution is 0.664. The minimum Gasteiger partial charge on any atom is -0.456 e. The van der Waals surface area contributed by atoms with Gasteiger partial charge < -0.3 is 13.7 Å². The lowest BCUT2D eigenvalue weighted by Crippen LogP contribution is -2.11. The molecule has 3 heterocycles. The van der Waals surface area contributed by atoms with Gasteiger partial charge in [-0.25, -0.2) is 0 Å². The zero-order chi connectivity index (χ0) is 34.2. The average Bonchev–Trinajstić information content (AvgIpc) is 3.89. The van der Waals surface area contributed by atoms with Crippen LogP contribution in [-0.4, -0.2) is 0 Å². The molecule has 3 aromatic heterocycles. The fourth-order valence-corrected chi connectivity index (χ4v) is 9.17. The van der Waals surface area contributed by atoms with E-state index in [9.17, 15) is 0 Å². The minimum atomic E-state index is 0.837. The molecular formula is C48H29NO2S. The van der Waals surface area contributed by atoms with Gasteiger partial charge in [-0.15, -0.1) is 11.3 Å². The second kappa shape index (κ2) is 11.5. The van der Waals surface area contributed by atoms with E-state index < -0.39 is 0 Å². The summed E-state index contributed by atoms with van der Waals surface area (Å²) >= 11 is 1.85. The Morgan fingerprint density at radius 2 is 1.10 bits per heavy atom. The number of para-hydroxylation sites is 2. The molecule has 244 valence electrons. The van der Waals surface area contributed by atoms with E-state index in [0.717, 1.165) is 77.6 Å². The van der Waals surface area contributed by atoms with Crippen molar-refractivity contribution >= 4 is 92.4 Å². The summed E-state index contributed by atoms with van der Waals surface area (Å²) in [6.45, 7) is 0. The van der Waals surface area contributed by atoms with Gasteiger partial charge in [-0.05, 0) is 59.7 Å². The molecule has 11 aromatic rings. The standard InChI is InChI=1S/C48H29NO2S/c1-3-14-30(15-4-1)33-18-7-10-22-39(33)49(40-23-13-21-35-34-19-9-12-25-44(34)52-48(35)40)32-26-27-42-37(28-32)38-29-43-46(36-20-8-11-24-41(36)50-43)45(47(38)51-42)31-16-5-2-6-17-31/h1-29H. The van der Waals surface area contributed by atoms with E-state index in [4.69, 9.17) is 8.83 Å². The van der Waals surface area contributed by atoms with Gasteiger partial charge in [0.1, 0.15) is 22.3 Å². The minimum absolute atomic E-state index is 0.837. The first-order valence-electron chi connectivity index (χ1n) is 17.5. The Hall–Kier alpha value is -6.62. The third-order valence-corrected chi connectivity index (χ3v) is 11.5. The van der Waals surface area contributed by atoms with E-state index in [1.165, 1.54) is 25.7 Å². The van der Waals surface area contributed by atoms with Gasteiger partial charge in [0.05, 0.1) is 16.1 Å². The number of fused-ring (bicyclic) bond motifs is 9. The maximum atomic E-state index is 6.86. The summed E-state index contributed by atoms with van der Waals surface area (Å²) in [6, 6.07) is 62.3. The molecule has 0 aliphatic heterocycles. The Morgan fingerprint density at radius 1 is 0.423 bits per heavy atom. The molecule has 4 heteroatoms. The largest absolute Gasteiger partial charge is 0.456 e. The van der Waals surface area contributed by atoms with Gasteiger partial charge in [-0.1, -0.05) is 127 Å². The molecule has 0 radical (unpaired) electrons. The van der Waals surface area contributed by atoms with Crippen LogP contribution in [0.2, 0.25) is 0 Å². The number of furan rings is 2. The van der Waals surface area contributed by atoms with E-state index >= 15 is 0 Å². The molecule has 11 rings (SSSR count). The van der Waals surface area contributed by atoms with Crippen molar-refractivity contribution in [3.8, 4) is 22.3 Å². The molecule has 0 bridgehead atoms. The van der Waals surface area contributed by atoms with Crippen LogP contribution in [0.25, 0.3) is 86.3 Å². The highest BCUT2D eigenvalue weighted by molar-refractivity contribution is 7.26. The van der Waals surface area contributed by atoms with Crippen molar-refractivity contribution in [2.45, 2.75) is 0 Å². The predicted octanol–water partition coefficient (Wildman–Crippen LogP) is 14.7. The van der Waals surface area contributed by atoms with Crippen molar-refractivity contribution in [3.63, 3.8) is 0 Å². The SMILES string of the molecule is c1ccc(-c2ccccc2N(c2ccc3oc4c(-c5ccccc5)c5c(cc4c3c2)oc2ccccc25)c2cccc3c2sc2ccccc23)cc1. The van der Waals surface area contributed by atoms with Gasteiger partial charge in [0, 0.05) is 53.8 Å². The highest BCUT2D eigenvalue weighted by Gasteiger charge is 2.24. The van der Waals surface area contributed by atoms with Gasteiger partial charge in [0.15, 0.2) is 0 Å². The molecule has 52 heavy (non-hydrogen) atoms. The summed E-state index contributed by atoms with van der Waals surface area (Å²) < 4.78 is 15.9. The molecule has 0 saturated heterocycles. The van der Waals surface area contributed by atoms with Crippen LogP contribution in [-0.2, 0) is 0 Å². The Balaban J connectivity index is 1.22. The van der Waals surface area contributed by atoms with Crippen molar-refractivity contribution in [2.75, 3.05) is 4.90 Å². The number of anilines is 3. The molecule has 0 saturated carbocycles. The lowest BCUT2D eigenvalue weighted by Gasteiger charge is -2.28. The van der Waals surface area contributed by atoms with Crippen LogP contribution in [0.15, 0.2) is 185 Å². The molecule has 0 N–H and O–H groups in total. The quantitative estimate of drug-likeness (QED) is 0.181. The third-order valence-electron chi connectivity index (χ3n) is 10.3. The third kappa shape index (κ3) is 4.38. The fourth-order valence-electron chi connectivity index (χ4n) is 7.97. The van der Waals surface area contributed by atoms with Gasteiger partial charge in [0.25, 0.3) is 0 Å². The zero-order valence-corrected chi connectivity index (χ0v) is 28.7. The molecule has 0 atom stereocenters.